The Hall–Kier alpha value is -2.00. The van der Waals surface area contributed by atoms with Gasteiger partial charge in [0, 0.05) is 26.2 Å². The van der Waals surface area contributed by atoms with E-state index < -0.39 is 33.6 Å². The second-order valence-electron chi connectivity index (χ2n) is 7.91. The van der Waals surface area contributed by atoms with Crippen molar-refractivity contribution in [3.63, 3.8) is 0 Å². The Morgan fingerprint density at radius 1 is 0.964 bits per heavy atom. The van der Waals surface area contributed by atoms with Crippen molar-refractivity contribution < 1.29 is 27.5 Å². The fraction of sp³-hybridized carbons (Fsp3) is 0.579. The van der Waals surface area contributed by atoms with Gasteiger partial charge in [-0.3, -0.25) is 9.59 Å². The molecule has 0 radical (unpaired) electrons. The molecular weight excluding hydrogens is 387 g/mol. The fourth-order valence-electron chi connectivity index (χ4n) is 5.12. The molecule has 2 bridgehead atoms. The van der Waals surface area contributed by atoms with Crippen molar-refractivity contribution in [1.82, 2.24) is 9.21 Å². The second kappa shape index (κ2) is 7.11. The van der Waals surface area contributed by atoms with E-state index in [2.05, 4.69) is 0 Å². The Morgan fingerprint density at radius 2 is 1.54 bits per heavy atom. The number of carboxylic acids is 1. The number of sulfonamides is 1. The molecule has 0 aromatic heterocycles. The van der Waals surface area contributed by atoms with Crippen LogP contribution in [0.2, 0.25) is 0 Å². The van der Waals surface area contributed by atoms with Crippen LogP contribution in [0.5, 0.6) is 0 Å². The Kier molecular flexibility index (Phi) is 4.91. The van der Waals surface area contributed by atoms with E-state index in [1.807, 2.05) is 0 Å². The predicted molar refractivity (Wildman–Crippen MR) is 97.2 cm³/mol. The van der Waals surface area contributed by atoms with Gasteiger partial charge in [-0.25, -0.2) is 12.8 Å². The Balaban J connectivity index is 1.43. The van der Waals surface area contributed by atoms with Gasteiger partial charge in [0.25, 0.3) is 0 Å². The van der Waals surface area contributed by atoms with Crippen molar-refractivity contribution in [2.75, 3.05) is 26.2 Å². The van der Waals surface area contributed by atoms with Gasteiger partial charge in [0.15, 0.2) is 0 Å². The maximum atomic E-state index is 13.1. The number of rotatable bonds is 4. The number of fused-ring (bicyclic) bond motifs is 2. The smallest absolute Gasteiger partial charge is 0.307 e. The molecule has 1 N–H and O–H groups in total. The van der Waals surface area contributed by atoms with Crippen LogP contribution in [-0.4, -0.2) is 60.8 Å². The average molecular weight is 410 g/mol. The van der Waals surface area contributed by atoms with Gasteiger partial charge in [-0.05, 0) is 55.4 Å². The lowest BCUT2D eigenvalue weighted by Gasteiger charge is -2.37. The number of hydrogen-bond acceptors (Lipinski definition) is 4. The third kappa shape index (κ3) is 3.20. The van der Waals surface area contributed by atoms with E-state index in [4.69, 9.17) is 0 Å². The lowest BCUT2D eigenvalue weighted by molar-refractivity contribution is -0.153. The minimum Gasteiger partial charge on any atom is -0.481 e. The monoisotopic (exact) mass is 410 g/mol. The molecule has 1 amide bonds. The molecule has 0 unspecified atom stereocenters. The van der Waals surface area contributed by atoms with E-state index in [0.29, 0.717) is 0 Å². The van der Waals surface area contributed by atoms with E-state index in [-0.39, 0.29) is 48.8 Å². The molecule has 28 heavy (non-hydrogen) atoms. The van der Waals surface area contributed by atoms with E-state index in [9.17, 15) is 27.5 Å². The number of carboxylic acid groups (broad SMARTS) is 1. The molecule has 1 aromatic rings. The number of aliphatic carboxylic acids is 1. The zero-order chi connectivity index (χ0) is 20.1. The maximum Gasteiger partial charge on any atom is 0.307 e. The van der Waals surface area contributed by atoms with Gasteiger partial charge in [-0.2, -0.15) is 4.31 Å². The SMILES string of the molecule is O=C(O)[C@H]1[C@@H]2CC[C@H](C2)[C@H]1C(=O)N1CCN(S(=O)(=O)c2ccc(F)cc2)CC1. The first-order chi connectivity index (χ1) is 13.3. The molecule has 0 spiro atoms. The topological polar surface area (TPSA) is 95.0 Å². The van der Waals surface area contributed by atoms with Crippen molar-refractivity contribution in [2.24, 2.45) is 23.7 Å². The quantitative estimate of drug-likeness (QED) is 0.810. The van der Waals surface area contributed by atoms with Crippen LogP contribution in [0, 0.1) is 29.5 Å². The van der Waals surface area contributed by atoms with Gasteiger partial charge < -0.3 is 10.0 Å². The first-order valence-electron chi connectivity index (χ1n) is 9.56. The number of amides is 1. The molecule has 1 aliphatic heterocycles. The number of carbonyl (C=O) groups is 2. The molecule has 2 aliphatic carbocycles. The minimum atomic E-state index is -3.74. The summed E-state index contributed by atoms with van der Waals surface area (Å²) >= 11 is 0. The summed E-state index contributed by atoms with van der Waals surface area (Å²) in [7, 11) is -3.74. The first-order valence-corrected chi connectivity index (χ1v) is 11.0. The van der Waals surface area contributed by atoms with Crippen molar-refractivity contribution in [3.05, 3.63) is 30.1 Å². The molecule has 4 atom stereocenters. The summed E-state index contributed by atoms with van der Waals surface area (Å²) in [5, 5.41) is 9.56. The highest BCUT2D eigenvalue weighted by Crippen LogP contribution is 2.53. The van der Waals surface area contributed by atoms with Crippen LogP contribution in [0.25, 0.3) is 0 Å². The van der Waals surface area contributed by atoms with E-state index in [1.165, 1.54) is 16.4 Å². The third-order valence-electron chi connectivity index (χ3n) is 6.49. The summed E-state index contributed by atoms with van der Waals surface area (Å²) in [4.78, 5) is 26.3. The summed E-state index contributed by atoms with van der Waals surface area (Å²) in [6.07, 6.45) is 2.56. The van der Waals surface area contributed by atoms with Crippen LogP contribution in [-0.2, 0) is 19.6 Å². The molecule has 2 saturated carbocycles. The first kappa shape index (κ1) is 19.3. The van der Waals surface area contributed by atoms with Crippen LogP contribution in [0.1, 0.15) is 19.3 Å². The van der Waals surface area contributed by atoms with E-state index >= 15 is 0 Å². The summed E-state index contributed by atoms with van der Waals surface area (Å²) < 4.78 is 39.8. The number of halogens is 1. The zero-order valence-electron chi connectivity index (χ0n) is 15.3. The van der Waals surface area contributed by atoms with Crippen molar-refractivity contribution in [2.45, 2.75) is 24.2 Å². The van der Waals surface area contributed by atoms with Crippen molar-refractivity contribution in [1.29, 1.82) is 0 Å². The zero-order valence-corrected chi connectivity index (χ0v) is 16.1. The van der Waals surface area contributed by atoms with Gasteiger partial charge in [0.2, 0.25) is 15.9 Å². The largest absolute Gasteiger partial charge is 0.481 e. The van der Waals surface area contributed by atoms with Gasteiger partial charge in [-0.1, -0.05) is 0 Å². The second-order valence-corrected chi connectivity index (χ2v) is 9.84. The normalized spacial score (nSPS) is 30.5. The minimum absolute atomic E-state index is 0.0210. The molecule has 3 aliphatic rings. The highest BCUT2D eigenvalue weighted by Gasteiger charge is 2.55. The van der Waals surface area contributed by atoms with Crippen molar-refractivity contribution >= 4 is 21.9 Å². The highest BCUT2D eigenvalue weighted by molar-refractivity contribution is 7.89. The van der Waals surface area contributed by atoms with Crippen LogP contribution in [0.15, 0.2) is 29.2 Å². The van der Waals surface area contributed by atoms with Crippen LogP contribution < -0.4 is 0 Å². The summed E-state index contributed by atoms with van der Waals surface area (Å²) in [6, 6.07) is 4.67. The van der Waals surface area contributed by atoms with Crippen LogP contribution in [0.3, 0.4) is 0 Å². The number of piperazine rings is 1. The predicted octanol–water partition coefficient (Wildman–Crippen LogP) is 1.41. The third-order valence-corrected chi connectivity index (χ3v) is 8.40. The molecule has 7 nitrogen and oxygen atoms in total. The Labute approximate surface area is 163 Å². The van der Waals surface area contributed by atoms with Gasteiger partial charge in [0.1, 0.15) is 5.82 Å². The number of benzene rings is 1. The Morgan fingerprint density at radius 3 is 2.11 bits per heavy atom. The number of hydrogen-bond donors (Lipinski definition) is 1. The molecule has 4 rings (SSSR count). The summed E-state index contributed by atoms with van der Waals surface area (Å²) in [5.41, 5.74) is 0. The number of carbonyl (C=O) groups excluding carboxylic acids is 1. The maximum absolute atomic E-state index is 13.1. The highest BCUT2D eigenvalue weighted by atomic mass is 32.2. The molecule has 152 valence electrons. The van der Waals surface area contributed by atoms with Crippen molar-refractivity contribution in [3.8, 4) is 0 Å². The molecular formula is C19H23FN2O5S. The van der Waals surface area contributed by atoms with Crippen LogP contribution >= 0.6 is 0 Å². The molecule has 1 aromatic carbocycles. The number of nitrogens with zero attached hydrogens (tertiary/aromatic N) is 2. The lowest BCUT2D eigenvalue weighted by Crippen LogP contribution is -2.53. The molecule has 1 heterocycles. The Bertz CT molecular complexity index is 880. The van der Waals surface area contributed by atoms with Crippen LogP contribution in [0.4, 0.5) is 4.39 Å². The van der Waals surface area contributed by atoms with E-state index in [0.717, 1.165) is 31.4 Å². The molecule has 1 saturated heterocycles. The summed E-state index contributed by atoms with van der Waals surface area (Å²) in [6.45, 7) is 0.757. The average Bonchev–Trinajstić information content (AvgIpc) is 3.29. The lowest BCUT2D eigenvalue weighted by atomic mass is 9.78. The standard InChI is InChI=1S/C19H23FN2O5S/c20-14-3-5-15(6-4-14)28(26,27)22-9-7-21(8-10-22)18(23)16-12-1-2-13(11-12)17(16)19(24)25/h3-6,12-13,16-17H,1-2,7-11H2,(H,24,25)/t12-,13-,16-,17+/m1/s1. The summed E-state index contributed by atoms with van der Waals surface area (Å²) in [5.74, 6) is -2.46. The van der Waals surface area contributed by atoms with Gasteiger partial charge in [0.05, 0.1) is 16.7 Å². The fourth-order valence-corrected chi connectivity index (χ4v) is 6.54. The molecule has 3 fully saturated rings. The van der Waals surface area contributed by atoms with Gasteiger partial charge in [-0.15, -0.1) is 0 Å². The van der Waals surface area contributed by atoms with E-state index in [1.54, 1.807) is 4.90 Å². The van der Waals surface area contributed by atoms with Gasteiger partial charge >= 0.3 is 5.97 Å². The molecule has 9 heteroatoms.